The van der Waals surface area contributed by atoms with Crippen molar-refractivity contribution in [3.8, 4) is 0 Å². The van der Waals surface area contributed by atoms with Crippen molar-refractivity contribution in [1.82, 2.24) is 15.5 Å². The van der Waals surface area contributed by atoms with Crippen LogP contribution in [-0.2, 0) is 9.53 Å². The Morgan fingerprint density at radius 2 is 2.00 bits per heavy atom. The Hall–Kier alpha value is -0.0700. The summed E-state index contributed by atoms with van der Waals surface area (Å²) in [4.78, 5) is 14.7. The fourth-order valence-corrected chi connectivity index (χ4v) is 2.94. The summed E-state index contributed by atoms with van der Waals surface area (Å²) in [5, 5.41) is 6.41. The van der Waals surface area contributed by atoms with E-state index in [1.54, 1.807) is 0 Å². The van der Waals surface area contributed by atoms with Gasteiger partial charge in [0, 0.05) is 25.7 Å². The molecule has 2 rings (SSSR count). The molecule has 2 aliphatic heterocycles. The largest absolute Gasteiger partial charge is 0.375 e. The molecule has 0 aliphatic carbocycles. The number of likely N-dealkylation sites (tertiary alicyclic amines) is 1. The van der Waals surface area contributed by atoms with Crippen LogP contribution in [-0.4, -0.2) is 61.8 Å². The maximum absolute atomic E-state index is 12.2. The van der Waals surface area contributed by atoms with Gasteiger partial charge in [-0.1, -0.05) is 6.92 Å². The van der Waals surface area contributed by atoms with Gasteiger partial charge in [0.05, 0.1) is 12.7 Å². The van der Waals surface area contributed by atoms with Gasteiger partial charge in [-0.3, -0.25) is 4.79 Å². The number of nitrogens with zero attached hydrogens (tertiary/aromatic N) is 1. The van der Waals surface area contributed by atoms with Crippen LogP contribution in [0.3, 0.4) is 0 Å². The highest BCUT2D eigenvalue weighted by molar-refractivity contribution is 5.85. The molecule has 2 heterocycles. The molecule has 2 atom stereocenters. The van der Waals surface area contributed by atoms with Crippen LogP contribution in [0.2, 0.25) is 0 Å². The molecule has 2 aliphatic rings. The van der Waals surface area contributed by atoms with Crippen LogP contribution in [0.25, 0.3) is 0 Å². The van der Waals surface area contributed by atoms with Crippen molar-refractivity contribution < 1.29 is 9.53 Å². The van der Waals surface area contributed by atoms with Crippen LogP contribution in [0.5, 0.6) is 0 Å². The van der Waals surface area contributed by atoms with Crippen molar-refractivity contribution in [1.29, 1.82) is 0 Å². The number of piperidine rings is 1. The lowest BCUT2D eigenvalue weighted by molar-refractivity contribution is -0.130. The molecule has 126 valence electrons. The molecular formula is C14H29Cl2N3O2. The number of hydrogen-bond acceptors (Lipinski definition) is 4. The van der Waals surface area contributed by atoms with Crippen LogP contribution in [0.1, 0.15) is 33.1 Å². The average molecular weight is 342 g/mol. The van der Waals surface area contributed by atoms with Crippen molar-refractivity contribution in [3.63, 3.8) is 0 Å². The first kappa shape index (κ1) is 20.9. The maximum atomic E-state index is 12.2. The zero-order chi connectivity index (χ0) is 13.7. The van der Waals surface area contributed by atoms with Gasteiger partial charge < -0.3 is 20.3 Å². The zero-order valence-electron chi connectivity index (χ0n) is 13.0. The number of morpholine rings is 1. The minimum absolute atomic E-state index is 0. The Balaban J connectivity index is 0.00000200. The predicted molar refractivity (Wildman–Crippen MR) is 89.6 cm³/mol. The molecule has 0 radical (unpaired) electrons. The predicted octanol–water partition coefficient (Wildman–Crippen LogP) is 1.20. The first-order chi connectivity index (χ1) is 9.20. The minimum Gasteiger partial charge on any atom is -0.375 e. The van der Waals surface area contributed by atoms with Crippen molar-refractivity contribution in [2.45, 2.75) is 51.3 Å². The summed E-state index contributed by atoms with van der Waals surface area (Å²) >= 11 is 0. The van der Waals surface area contributed by atoms with Gasteiger partial charge in [0.2, 0.25) is 5.91 Å². The second-order valence-corrected chi connectivity index (χ2v) is 5.63. The Bertz CT molecular complexity index is 300. The number of halogens is 2. The van der Waals surface area contributed by atoms with E-state index in [0.717, 1.165) is 32.5 Å². The highest BCUT2D eigenvalue weighted by Crippen LogP contribution is 2.12. The van der Waals surface area contributed by atoms with Gasteiger partial charge in [-0.15, -0.1) is 24.8 Å². The molecule has 2 saturated heterocycles. The van der Waals surface area contributed by atoms with Crippen LogP contribution in [0.15, 0.2) is 0 Å². The van der Waals surface area contributed by atoms with Gasteiger partial charge in [-0.05, 0) is 32.7 Å². The molecule has 0 aromatic rings. The second-order valence-electron chi connectivity index (χ2n) is 5.63. The van der Waals surface area contributed by atoms with Crippen molar-refractivity contribution >= 4 is 30.7 Å². The molecule has 5 nitrogen and oxygen atoms in total. The Labute approximate surface area is 140 Å². The lowest BCUT2D eigenvalue weighted by atomic mass is 10.0. The van der Waals surface area contributed by atoms with Crippen LogP contribution in [0.4, 0.5) is 0 Å². The van der Waals surface area contributed by atoms with Gasteiger partial charge in [-0.25, -0.2) is 0 Å². The standard InChI is InChI=1S/C14H27N3O2.2ClH/c1-3-7-17-8-4-12(5-9-17)16-14(18)13-11(2)19-10-6-15-13;;/h11-13,15H,3-10H2,1-2H3,(H,16,18);2*1H/t11-,13+;;/m1../s1. The SMILES string of the molecule is CCCN1CCC(NC(=O)[C@H]2NCCO[C@@H]2C)CC1.Cl.Cl. The van der Waals surface area contributed by atoms with E-state index in [2.05, 4.69) is 22.5 Å². The minimum atomic E-state index is -0.192. The third kappa shape index (κ3) is 6.28. The number of rotatable bonds is 4. The fraction of sp³-hybridized carbons (Fsp3) is 0.929. The summed E-state index contributed by atoms with van der Waals surface area (Å²) in [6.45, 7) is 9.00. The van der Waals surface area contributed by atoms with Gasteiger partial charge in [-0.2, -0.15) is 0 Å². The molecule has 0 spiro atoms. The highest BCUT2D eigenvalue weighted by atomic mass is 35.5. The van der Waals surface area contributed by atoms with Crippen molar-refractivity contribution in [3.05, 3.63) is 0 Å². The molecule has 2 fully saturated rings. The molecule has 0 saturated carbocycles. The summed E-state index contributed by atoms with van der Waals surface area (Å²) in [6, 6.07) is 0.138. The quantitative estimate of drug-likeness (QED) is 0.806. The first-order valence-corrected chi connectivity index (χ1v) is 7.58. The molecule has 0 unspecified atom stereocenters. The Kier molecular flexibility index (Phi) is 10.6. The van der Waals surface area contributed by atoms with Gasteiger partial charge >= 0.3 is 0 Å². The van der Waals surface area contributed by atoms with E-state index in [1.165, 1.54) is 13.0 Å². The van der Waals surface area contributed by atoms with Crippen molar-refractivity contribution in [2.24, 2.45) is 0 Å². The van der Waals surface area contributed by atoms with Gasteiger partial charge in [0.25, 0.3) is 0 Å². The molecule has 0 aromatic heterocycles. The van der Waals surface area contributed by atoms with E-state index in [9.17, 15) is 4.79 Å². The van der Waals surface area contributed by atoms with E-state index < -0.39 is 0 Å². The van der Waals surface area contributed by atoms with Gasteiger partial charge in [0.1, 0.15) is 6.04 Å². The number of ether oxygens (including phenoxy) is 1. The topological polar surface area (TPSA) is 53.6 Å². The maximum Gasteiger partial charge on any atom is 0.240 e. The average Bonchev–Trinajstić information content (AvgIpc) is 2.42. The Morgan fingerprint density at radius 3 is 2.57 bits per heavy atom. The van der Waals surface area contributed by atoms with Crippen LogP contribution < -0.4 is 10.6 Å². The molecule has 1 amide bonds. The van der Waals surface area contributed by atoms with E-state index in [4.69, 9.17) is 4.74 Å². The molecular weight excluding hydrogens is 313 g/mol. The number of amides is 1. The molecule has 2 N–H and O–H groups in total. The van der Waals surface area contributed by atoms with Crippen molar-refractivity contribution in [2.75, 3.05) is 32.8 Å². The number of hydrogen-bond donors (Lipinski definition) is 2. The molecule has 21 heavy (non-hydrogen) atoms. The van der Waals surface area contributed by atoms with Gasteiger partial charge in [0.15, 0.2) is 0 Å². The van der Waals surface area contributed by atoms with E-state index in [-0.39, 0.29) is 42.9 Å². The number of carbonyl (C=O) groups excluding carboxylic acids is 1. The van der Waals surface area contributed by atoms with E-state index >= 15 is 0 Å². The normalized spacial score (nSPS) is 27.3. The first-order valence-electron chi connectivity index (χ1n) is 7.58. The summed E-state index contributed by atoms with van der Waals surface area (Å²) in [6.07, 6.45) is 3.30. The molecule has 0 bridgehead atoms. The zero-order valence-corrected chi connectivity index (χ0v) is 14.6. The molecule has 0 aromatic carbocycles. The number of carbonyl (C=O) groups is 1. The number of nitrogens with one attached hydrogen (secondary N) is 2. The third-order valence-corrected chi connectivity index (χ3v) is 4.07. The summed E-state index contributed by atoms with van der Waals surface area (Å²) in [5.74, 6) is 0.0983. The van der Waals surface area contributed by atoms with Crippen LogP contribution >= 0.6 is 24.8 Å². The van der Waals surface area contributed by atoms with E-state index in [1.807, 2.05) is 6.92 Å². The second kappa shape index (κ2) is 10.6. The lowest BCUT2D eigenvalue weighted by Crippen LogP contribution is -2.58. The van der Waals surface area contributed by atoms with E-state index in [0.29, 0.717) is 12.6 Å². The highest BCUT2D eigenvalue weighted by Gasteiger charge is 2.30. The fourth-order valence-electron chi connectivity index (χ4n) is 2.94. The third-order valence-electron chi connectivity index (χ3n) is 4.07. The Morgan fingerprint density at radius 1 is 1.33 bits per heavy atom. The summed E-state index contributed by atoms with van der Waals surface area (Å²) in [7, 11) is 0. The monoisotopic (exact) mass is 341 g/mol. The summed E-state index contributed by atoms with van der Waals surface area (Å²) in [5.41, 5.74) is 0. The van der Waals surface area contributed by atoms with Crippen LogP contribution in [0, 0.1) is 0 Å². The summed E-state index contributed by atoms with van der Waals surface area (Å²) < 4.78 is 5.52. The lowest BCUT2D eigenvalue weighted by Gasteiger charge is -2.34. The smallest absolute Gasteiger partial charge is 0.240 e. The molecule has 7 heteroatoms.